The molecule has 14 nitrogen and oxygen atoms in total. The number of aryl methyl sites for hydroxylation is 2. The lowest BCUT2D eigenvalue weighted by molar-refractivity contribution is 0.429. The van der Waals surface area contributed by atoms with Crippen LogP contribution in [0.5, 0.6) is 0 Å². The van der Waals surface area contributed by atoms with E-state index in [9.17, 15) is 16.8 Å². The molecule has 8 aromatic rings. The molecule has 4 aromatic carbocycles. The minimum Gasteiger partial charge on any atom is -0.339 e. The number of pyridine rings is 2. The van der Waals surface area contributed by atoms with E-state index in [-0.39, 0.29) is 18.0 Å². The molecule has 2 aliphatic heterocycles. The van der Waals surface area contributed by atoms with Crippen LogP contribution in [-0.2, 0) is 45.3 Å². The quantitative estimate of drug-likeness (QED) is 0.131. The van der Waals surface area contributed by atoms with Gasteiger partial charge in [0.15, 0.2) is 0 Å². The molecule has 308 valence electrons. The maximum Gasteiger partial charge on any atom is 0.261 e. The number of benzene rings is 4. The fourth-order valence-corrected chi connectivity index (χ4v) is 9.80. The van der Waals surface area contributed by atoms with Gasteiger partial charge in [-0.15, -0.1) is 0 Å². The molecular weight excluding hydrogens is 832 g/mol. The Morgan fingerprint density at radius 2 is 1.08 bits per heavy atom. The number of nitrogens with one attached hydrogen (secondary N) is 3. The van der Waals surface area contributed by atoms with Crippen LogP contribution in [0, 0.1) is 13.8 Å². The molecule has 6 heterocycles. The number of sulfonamides is 1. The molecule has 17 heteroatoms. The first kappa shape index (κ1) is 41.3. The Hall–Kier alpha value is -6.43. The van der Waals surface area contributed by atoms with Crippen LogP contribution in [0.2, 0.25) is 0 Å². The first-order valence-corrected chi connectivity index (χ1v) is 22.8. The normalized spacial score (nSPS) is 13.4. The summed E-state index contributed by atoms with van der Waals surface area (Å²) in [5.74, 6) is 1.46. The van der Waals surface area contributed by atoms with Gasteiger partial charge in [0.2, 0.25) is 10.0 Å². The lowest BCUT2D eigenvalue weighted by Gasteiger charge is -2.17. The van der Waals surface area contributed by atoms with E-state index in [2.05, 4.69) is 58.0 Å². The topological polar surface area (TPSA) is 185 Å². The van der Waals surface area contributed by atoms with Gasteiger partial charge in [-0.25, -0.2) is 36.8 Å². The van der Waals surface area contributed by atoms with E-state index in [0.717, 1.165) is 74.5 Å². The van der Waals surface area contributed by atoms with Crippen molar-refractivity contribution in [1.82, 2.24) is 39.5 Å². The highest BCUT2D eigenvalue weighted by Crippen LogP contribution is 2.33. The largest absolute Gasteiger partial charge is 0.339 e. The summed E-state index contributed by atoms with van der Waals surface area (Å²) < 4.78 is 49.5. The number of anilines is 4. The highest BCUT2D eigenvalue weighted by atomic mass is 35.7. The number of hydrogen-bond donors (Lipinski definition) is 3. The fourth-order valence-electron chi connectivity index (χ4n) is 7.00. The predicted octanol–water partition coefficient (Wildman–Crippen LogP) is 8.08. The summed E-state index contributed by atoms with van der Waals surface area (Å²) in [5.41, 5.74) is 8.71. The summed E-state index contributed by atoms with van der Waals surface area (Å²) in [4.78, 5) is 26.7. The van der Waals surface area contributed by atoms with Crippen LogP contribution in [0.4, 0.5) is 23.0 Å². The second kappa shape index (κ2) is 17.7. The van der Waals surface area contributed by atoms with E-state index in [1.165, 1.54) is 16.7 Å². The van der Waals surface area contributed by atoms with E-state index in [1.807, 2.05) is 60.8 Å². The highest BCUT2D eigenvalue weighted by Gasteiger charge is 2.34. The minimum atomic E-state index is -3.63. The minimum absolute atomic E-state index is 0.182. The molecule has 0 aliphatic carbocycles. The third-order valence-electron chi connectivity index (χ3n) is 10.1. The second-order valence-electron chi connectivity index (χ2n) is 14.2. The van der Waals surface area contributed by atoms with E-state index in [1.54, 1.807) is 62.8 Å². The van der Waals surface area contributed by atoms with Crippen LogP contribution in [0.1, 0.15) is 33.6 Å². The van der Waals surface area contributed by atoms with Crippen LogP contribution in [-0.4, -0.2) is 51.0 Å². The number of nitrogens with zero attached hydrogens (tertiary/aromatic N) is 7. The molecule has 0 radical (unpaired) electrons. The van der Waals surface area contributed by atoms with Crippen molar-refractivity contribution in [3.05, 3.63) is 168 Å². The molecule has 0 saturated carbocycles. The van der Waals surface area contributed by atoms with Gasteiger partial charge in [0.1, 0.15) is 24.3 Å². The fraction of sp³-hybridized carbons (Fsp3) is 0.136. The summed E-state index contributed by atoms with van der Waals surface area (Å²) in [6.07, 6.45) is 6.63. The number of fused-ring (bicyclic) bond motifs is 4. The Bertz CT molecular complexity index is 3140. The highest BCUT2D eigenvalue weighted by molar-refractivity contribution is 8.13. The van der Waals surface area contributed by atoms with Gasteiger partial charge < -0.3 is 16.0 Å². The van der Waals surface area contributed by atoms with Crippen molar-refractivity contribution in [2.75, 3.05) is 10.6 Å². The van der Waals surface area contributed by atoms with Gasteiger partial charge in [-0.2, -0.15) is 4.31 Å². The van der Waals surface area contributed by atoms with Gasteiger partial charge >= 0.3 is 0 Å². The third-order valence-corrected chi connectivity index (χ3v) is 13.5. The summed E-state index contributed by atoms with van der Waals surface area (Å²) in [6, 6.07) is 33.6. The van der Waals surface area contributed by atoms with Crippen molar-refractivity contribution in [1.29, 1.82) is 0 Å². The number of hydrogen-bond acceptors (Lipinski definition) is 13. The van der Waals surface area contributed by atoms with E-state index in [0.29, 0.717) is 22.0 Å². The van der Waals surface area contributed by atoms with Crippen molar-refractivity contribution < 1.29 is 16.8 Å². The summed E-state index contributed by atoms with van der Waals surface area (Å²) >= 11 is 0. The maximum atomic E-state index is 13.2. The molecule has 0 atom stereocenters. The first-order valence-electron chi connectivity index (χ1n) is 19.1. The van der Waals surface area contributed by atoms with Gasteiger partial charge in [0, 0.05) is 52.2 Å². The molecule has 0 unspecified atom stereocenters. The van der Waals surface area contributed by atoms with Crippen molar-refractivity contribution in [3.63, 3.8) is 0 Å². The zero-order chi connectivity index (χ0) is 42.6. The lowest BCUT2D eigenvalue weighted by atomic mass is 10.2. The zero-order valence-corrected chi connectivity index (χ0v) is 35.4. The van der Waals surface area contributed by atoms with Crippen LogP contribution >= 0.6 is 10.7 Å². The Morgan fingerprint density at radius 3 is 1.64 bits per heavy atom. The maximum absolute atomic E-state index is 13.2. The van der Waals surface area contributed by atoms with Crippen LogP contribution in [0.25, 0.3) is 21.8 Å². The Kier molecular flexibility index (Phi) is 12.0. The van der Waals surface area contributed by atoms with Crippen LogP contribution < -0.4 is 16.0 Å². The van der Waals surface area contributed by atoms with Gasteiger partial charge in [0.25, 0.3) is 9.05 Å². The predicted molar refractivity (Wildman–Crippen MR) is 236 cm³/mol. The average molecular weight is 871 g/mol. The monoisotopic (exact) mass is 870 g/mol. The van der Waals surface area contributed by atoms with E-state index in [4.69, 9.17) is 10.7 Å². The summed E-state index contributed by atoms with van der Waals surface area (Å²) in [6.45, 7) is 5.56. The Labute approximate surface area is 357 Å². The Balaban J connectivity index is 0.000000142. The molecule has 2 aliphatic rings. The standard InChI is InChI=1S/C22H19N5O2S.C15H13N5.C7H7ClO2S/c1-15-6-2-5-9-21(15)30(28,29)27-12-18-20(13-27)24-14-25-22(18)26-17-10-16-7-3-4-8-19(16)23-11-17;1-2-4-13-10(3-1)5-11(6-17-13)20-15-12-7-16-8-14(12)18-9-19-15;1-6-4-2-3-5-7(6)11(8,9)10/h2-11,14H,12-13H2,1H3,(H,24,25,26);1-6,9,16H,7-8H2,(H,18,19,20);2-5H,1H3. The van der Waals surface area contributed by atoms with Gasteiger partial charge in [-0.1, -0.05) is 72.8 Å². The van der Waals surface area contributed by atoms with Crippen molar-refractivity contribution in [3.8, 4) is 0 Å². The molecular formula is C44H39ClN10O4S2. The summed E-state index contributed by atoms with van der Waals surface area (Å²) in [7, 11) is -2.06. The zero-order valence-electron chi connectivity index (χ0n) is 33.0. The molecule has 10 rings (SSSR count). The Morgan fingerprint density at radius 1 is 0.574 bits per heavy atom. The number of para-hydroxylation sites is 2. The number of aromatic nitrogens is 6. The molecule has 0 fully saturated rings. The van der Waals surface area contributed by atoms with Crippen molar-refractivity contribution in [2.45, 2.75) is 49.8 Å². The van der Waals surface area contributed by atoms with Gasteiger partial charge in [0.05, 0.1) is 62.5 Å². The molecule has 0 saturated heterocycles. The third kappa shape index (κ3) is 9.33. The molecule has 0 spiro atoms. The van der Waals surface area contributed by atoms with Gasteiger partial charge in [-0.3, -0.25) is 9.97 Å². The van der Waals surface area contributed by atoms with Crippen LogP contribution in [0.15, 0.2) is 144 Å². The van der Waals surface area contributed by atoms with Crippen LogP contribution in [0.3, 0.4) is 0 Å². The lowest BCUT2D eigenvalue weighted by Crippen LogP contribution is -2.26. The molecule has 4 aromatic heterocycles. The molecule has 0 amide bonds. The summed E-state index contributed by atoms with van der Waals surface area (Å²) in [5, 5.41) is 12.0. The smallest absolute Gasteiger partial charge is 0.261 e. The number of rotatable bonds is 7. The average Bonchev–Trinajstić information content (AvgIpc) is 3.94. The molecule has 0 bridgehead atoms. The second-order valence-corrected chi connectivity index (χ2v) is 18.7. The first-order chi connectivity index (χ1) is 29.4. The van der Waals surface area contributed by atoms with Gasteiger partial charge in [-0.05, 0) is 61.4 Å². The number of halogens is 1. The molecule has 3 N–H and O–H groups in total. The van der Waals surface area contributed by atoms with E-state index >= 15 is 0 Å². The van der Waals surface area contributed by atoms with Crippen molar-refractivity contribution >= 4 is 74.6 Å². The van der Waals surface area contributed by atoms with E-state index < -0.39 is 19.1 Å². The van der Waals surface area contributed by atoms with Crippen molar-refractivity contribution in [2.24, 2.45) is 0 Å². The SMILES string of the molecule is Cc1ccccc1S(=O)(=O)Cl.Cc1ccccc1S(=O)(=O)N1Cc2ncnc(Nc3cnc4ccccc4c3)c2C1.c1ccc2ncc(Nc3ncnc4c3CNC4)cc2c1. The molecule has 61 heavy (non-hydrogen) atoms.